The Kier molecular flexibility index (Phi) is 3.63. The molecule has 2 aromatic heterocycles. The molecule has 1 aromatic carbocycles. The molecule has 0 unspecified atom stereocenters. The van der Waals surface area contributed by atoms with E-state index in [-0.39, 0.29) is 0 Å². The summed E-state index contributed by atoms with van der Waals surface area (Å²) in [5.41, 5.74) is 6.66. The normalized spacial score (nSPS) is 13.8. The van der Waals surface area contributed by atoms with Crippen molar-refractivity contribution in [3.8, 4) is 11.4 Å². The molecule has 0 radical (unpaired) electrons. The lowest BCUT2D eigenvalue weighted by Crippen LogP contribution is -2.27. The molecule has 0 saturated heterocycles. The average Bonchev–Trinajstić information content (AvgIpc) is 3.00. The van der Waals surface area contributed by atoms with E-state index < -0.39 is 0 Å². The number of rotatable bonds is 3. The van der Waals surface area contributed by atoms with Gasteiger partial charge in [-0.3, -0.25) is 5.10 Å². The Bertz CT molecular complexity index is 823. The Labute approximate surface area is 135 Å². The Morgan fingerprint density at radius 2 is 2.00 bits per heavy atom. The number of hydrogen-bond acceptors (Lipinski definition) is 4. The third-order valence-electron chi connectivity index (χ3n) is 4.16. The lowest BCUT2D eigenvalue weighted by atomic mass is 10.0. The third-order valence-corrected chi connectivity index (χ3v) is 4.16. The molecule has 0 amide bonds. The number of nitrogens with zero attached hydrogens (tertiary/aromatic N) is 3. The van der Waals surface area contributed by atoms with Crippen molar-refractivity contribution in [2.24, 2.45) is 0 Å². The minimum atomic E-state index is 0.745. The van der Waals surface area contributed by atoms with Crippen molar-refractivity contribution in [3.63, 3.8) is 0 Å². The summed E-state index contributed by atoms with van der Waals surface area (Å²) in [4.78, 5) is 9.66. The highest BCUT2D eigenvalue weighted by Gasteiger charge is 2.19. The number of fused-ring (bicyclic) bond motifs is 1. The second kappa shape index (κ2) is 5.93. The molecule has 23 heavy (non-hydrogen) atoms. The topological polar surface area (TPSA) is 66.5 Å². The van der Waals surface area contributed by atoms with E-state index >= 15 is 0 Å². The summed E-state index contributed by atoms with van der Waals surface area (Å²) in [6.45, 7) is 3.81. The van der Waals surface area contributed by atoms with Crippen LogP contribution in [-0.4, -0.2) is 26.7 Å². The first-order chi connectivity index (χ1) is 11.3. The van der Waals surface area contributed by atoms with Crippen molar-refractivity contribution in [3.05, 3.63) is 64.7 Å². The van der Waals surface area contributed by atoms with Crippen LogP contribution in [0.1, 0.15) is 28.3 Å². The molecule has 0 fully saturated rings. The molecule has 2 N–H and O–H groups in total. The van der Waals surface area contributed by atoms with Crippen LogP contribution in [0.2, 0.25) is 0 Å². The molecule has 4 rings (SSSR count). The second-order valence-corrected chi connectivity index (χ2v) is 5.93. The molecule has 5 heteroatoms. The zero-order valence-corrected chi connectivity index (χ0v) is 13.1. The van der Waals surface area contributed by atoms with Crippen LogP contribution in [0.25, 0.3) is 11.4 Å². The van der Waals surface area contributed by atoms with Gasteiger partial charge in [0, 0.05) is 24.2 Å². The van der Waals surface area contributed by atoms with Crippen LogP contribution in [0.15, 0.2) is 36.4 Å². The van der Waals surface area contributed by atoms with Crippen LogP contribution in [0.3, 0.4) is 0 Å². The molecule has 1 aliphatic heterocycles. The number of H-pyrrole nitrogens is 1. The van der Waals surface area contributed by atoms with Crippen molar-refractivity contribution in [2.45, 2.75) is 26.3 Å². The SMILES string of the molecule is Cc1cc(Cc2nc(-c3ccccc3)nc3c2CCNC3)n[nH]1. The van der Waals surface area contributed by atoms with E-state index in [1.54, 1.807) is 0 Å². The van der Waals surface area contributed by atoms with Crippen molar-refractivity contribution < 1.29 is 0 Å². The third kappa shape index (κ3) is 2.87. The summed E-state index contributed by atoms with van der Waals surface area (Å²) in [5.74, 6) is 0.801. The first-order valence-corrected chi connectivity index (χ1v) is 7.95. The highest BCUT2D eigenvalue weighted by atomic mass is 15.1. The van der Waals surface area contributed by atoms with Crippen LogP contribution in [0.4, 0.5) is 0 Å². The first kappa shape index (κ1) is 14.1. The van der Waals surface area contributed by atoms with Gasteiger partial charge in [-0.05, 0) is 31.5 Å². The Balaban J connectivity index is 1.79. The molecule has 5 nitrogen and oxygen atoms in total. The van der Waals surface area contributed by atoms with Gasteiger partial charge in [-0.1, -0.05) is 30.3 Å². The number of benzene rings is 1. The lowest BCUT2D eigenvalue weighted by molar-refractivity contribution is 0.617. The van der Waals surface area contributed by atoms with Gasteiger partial charge in [0.2, 0.25) is 0 Å². The van der Waals surface area contributed by atoms with Crippen molar-refractivity contribution in [1.82, 2.24) is 25.5 Å². The second-order valence-electron chi connectivity index (χ2n) is 5.93. The molecule has 0 atom stereocenters. The summed E-state index contributed by atoms with van der Waals surface area (Å²) >= 11 is 0. The maximum Gasteiger partial charge on any atom is 0.159 e. The summed E-state index contributed by atoms with van der Waals surface area (Å²) in [7, 11) is 0. The van der Waals surface area contributed by atoms with Gasteiger partial charge in [0.25, 0.3) is 0 Å². The van der Waals surface area contributed by atoms with Gasteiger partial charge in [-0.15, -0.1) is 0 Å². The van der Waals surface area contributed by atoms with Gasteiger partial charge in [0.15, 0.2) is 5.82 Å². The van der Waals surface area contributed by atoms with Crippen LogP contribution >= 0.6 is 0 Å². The van der Waals surface area contributed by atoms with Gasteiger partial charge < -0.3 is 5.32 Å². The van der Waals surface area contributed by atoms with E-state index in [2.05, 4.69) is 33.7 Å². The number of aryl methyl sites for hydroxylation is 1. The van der Waals surface area contributed by atoms with Crippen LogP contribution in [0.5, 0.6) is 0 Å². The van der Waals surface area contributed by atoms with E-state index in [0.717, 1.165) is 60.1 Å². The number of nitrogens with one attached hydrogen (secondary N) is 2. The van der Waals surface area contributed by atoms with E-state index in [0.29, 0.717) is 0 Å². The maximum atomic E-state index is 4.87. The minimum absolute atomic E-state index is 0.745. The van der Waals surface area contributed by atoms with Crippen molar-refractivity contribution in [2.75, 3.05) is 6.54 Å². The number of hydrogen-bond donors (Lipinski definition) is 2. The van der Waals surface area contributed by atoms with E-state index in [4.69, 9.17) is 9.97 Å². The summed E-state index contributed by atoms with van der Waals surface area (Å²) in [5, 5.41) is 10.8. The van der Waals surface area contributed by atoms with E-state index in [9.17, 15) is 0 Å². The fourth-order valence-electron chi connectivity index (χ4n) is 3.04. The van der Waals surface area contributed by atoms with Gasteiger partial charge in [-0.2, -0.15) is 5.10 Å². The maximum absolute atomic E-state index is 4.87. The molecule has 3 heterocycles. The van der Waals surface area contributed by atoms with Crippen LogP contribution < -0.4 is 5.32 Å². The first-order valence-electron chi connectivity index (χ1n) is 7.95. The van der Waals surface area contributed by atoms with E-state index in [1.165, 1.54) is 5.56 Å². The molecule has 0 aliphatic carbocycles. The van der Waals surface area contributed by atoms with Gasteiger partial charge in [-0.25, -0.2) is 9.97 Å². The Morgan fingerprint density at radius 1 is 1.13 bits per heavy atom. The molecule has 1 aliphatic rings. The fraction of sp³-hybridized carbons (Fsp3) is 0.278. The zero-order valence-electron chi connectivity index (χ0n) is 13.1. The highest BCUT2D eigenvalue weighted by Crippen LogP contribution is 2.23. The predicted molar refractivity (Wildman–Crippen MR) is 89.0 cm³/mol. The molecular weight excluding hydrogens is 286 g/mol. The standard InChI is InChI=1S/C18H19N5/c1-12-9-14(23-22-12)10-16-15-7-8-19-11-17(15)21-18(20-16)13-5-3-2-4-6-13/h2-6,9,19H,7-8,10-11H2,1H3,(H,22,23). The smallest absolute Gasteiger partial charge is 0.159 e. The lowest BCUT2D eigenvalue weighted by Gasteiger charge is -2.20. The van der Waals surface area contributed by atoms with Crippen molar-refractivity contribution >= 4 is 0 Å². The van der Waals surface area contributed by atoms with Crippen molar-refractivity contribution in [1.29, 1.82) is 0 Å². The minimum Gasteiger partial charge on any atom is -0.311 e. The molecular formula is C18H19N5. The number of aromatic nitrogens is 4. The molecule has 0 spiro atoms. The molecule has 0 saturated carbocycles. The largest absolute Gasteiger partial charge is 0.311 e. The zero-order chi connectivity index (χ0) is 15.6. The van der Waals surface area contributed by atoms with Gasteiger partial charge in [0.05, 0.1) is 17.1 Å². The number of aromatic amines is 1. The predicted octanol–water partition coefficient (Wildman–Crippen LogP) is 2.41. The Hall–Kier alpha value is -2.53. The molecule has 0 bridgehead atoms. The molecule has 116 valence electrons. The quantitative estimate of drug-likeness (QED) is 0.780. The summed E-state index contributed by atoms with van der Waals surface area (Å²) in [6, 6.07) is 12.2. The monoisotopic (exact) mass is 305 g/mol. The average molecular weight is 305 g/mol. The highest BCUT2D eigenvalue weighted by molar-refractivity contribution is 5.56. The van der Waals surface area contributed by atoms with Crippen LogP contribution in [0, 0.1) is 6.92 Å². The molecule has 3 aromatic rings. The van der Waals surface area contributed by atoms with Gasteiger partial charge in [0.1, 0.15) is 0 Å². The fourth-order valence-corrected chi connectivity index (χ4v) is 3.04. The van der Waals surface area contributed by atoms with Gasteiger partial charge >= 0.3 is 0 Å². The Morgan fingerprint density at radius 3 is 2.78 bits per heavy atom. The van der Waals surface area contributed by atoms with E-state index in [1.807, 2.05) is 25.1 Å². The summed E-state index contributed by atoms with van der Waals surface area (Å²) in [6.07, 6.45) is 1.72. The van der Waals surface area contributed by atoms with Crippen LogP contribution in [-0.2, 0) is 19.4 Å². The summed E-state index contributed by atoms with van der Waals surface area (Å²) < 4.78 is 0.